The van der Waals surface area contributed by atoms with Crippen LogP contribution in [0.4, 0.5) is 5.82 Å². The molecular formula is C13H18N2O. The van der Waals surface area contributed by atoms with E-state index in [1.165, 1.54) is 12.0 Å². The Hall–Kier alpha value is -1.09. The average molecular weight is 218 g/mol. The summed E-state index contributed by atoms with van der Waals surface area (Å²) >= 11 is 0. The molecule has 0 radical (unpaired) electrons. The first-order valence-electron chi connectivity index (χ1n) is 6.08. The fourth-order valence-corrected chi connectivity index (χ4v) is 2.59. The van der Waals surface area contributed by atoms with Crippen molar-refractivity contribution in [2.45, 2.75) is 38.3 Å². The van der Waals surface area contributed by atoms with Crippen molar-refractivity contribution in [3.63, 3.8) is 0 Å². The molecule has 0 spiro atoms. The van der Waals surface area contributed by atoms with Gasteiger partial charge in [0, 0.05) is 12.7 Å². The summed E-state index contributed by atoms with van der Waals surface area (Å²) in [6, 6.07) is 4.90. The predicted octanol–water partition coefficient (Wildman–Crippen LogP) is 2.18. The average Bonchev–Trinajstić information content (AvgIpc) is 2.91. The van der Waals surface area contributed by atoms with Crippen LogP contribution in [0.5, 0.6) is 0 Å². The number of anilines is 1. The van der Waals surface area contributed by atoms with Crippen LogP contribution < -0.4 is 4.90 Å². The van der Waals surface area contributed by atoms with Gasteiger partial charge in [0.1, 0.15) is 5.82 Å². The lowest BCUT2D eigenvalue weighted by Crippen LogP contribution is -2.37. The maximum Gasteiger partial charge on any atom is 0.128 e. The maximum absolute atomic E-state index is 5.60. The smallest absolute Gasteiger partial charge is 0.128 e. The summed E-state index contributed by atoms with van der Waals surface area (Å²) in [4.78, 5) is 6.96. The van der Waals surface area contributed by atoms with E-state index in [0.717, 1.165) is 19.0 Å². The van der Waals surface area contributed by atoms with Gasteiger partial charge in [-0.15, -0.1) is 0 Å². The van der Waals surface area contributed by atoms with Crippen LogP contribution in [0.25, 0.3) is 0 Å². The van der Waals surface area contributed by atoms with Crippen LogP contribution in [0.2, 0.25) is 0 Å². The Morgan fingerprint density at radius 1 is 1.44 bits per heavy atom. The number of fused-ring (bicyclic) bond motifs is 2. The van der Waals surface area contributed by atoms with Gasteiger partial charge in [-0.3, -0.25) is 0 Å². The van der Waals surface area contributed by atoms with Crippen molar-refractivity contribution in [1.82, 2.24) is 4.98 Å². The van der Waals surface area contributed by atoms with Crippen molar-refractivity contribution < 1.29 is 4.74 Å². The van der Waals surface area contributed by atoms with E-state index in [-0.39, 0.29) is 0 Å². The molecule has 1 aromatic heterocycles. The van der Waals surface area contributed by atoms with Crippen LogP contribution >= 0.6 is 0 Å². The fourth-order valence-electron chi connectivity index (χ4n) is 2.59. The lowest BCUT2D eigenvalue weighted by molar-refractivity contribution is 0.0989. The molecule has 0 aromatic carbocycles. The minimum Gasteiger partial charge on any atom is -0.374 e. The van der Waals surface area contributed by atoms with Gasteiger partial charge < -0.3 is 9.64 Å². The Kier molecular flexibility index (Phi) is 2.36. The largest absolute Gasteiger partial charge is 0.374 e. The second-order valence-corrected chi connectivity index (χ2v) is 5.10. The lowest BCUT2D eigenvalue weighted by Gasteiger charge is -2.28. The Labute approximate surface area is 96.4 Å². The second-order valence-electron chi connectivity index (χ2n) is 5.10. The molecule has 3 heteroatoms. The van der Waals surface area contributed by atoms with E-state index in [0.29, 0.717) is 18.1 Å². The van der Waals surface area contributed by atoms with Gasteiger partial charge in [0.2, 0.25) is 0 Å². The van der Waals surface area contributed by atoms with Crippen molar-refractivity contribution in [1.29, 1.82) is 0 Å². The van der Waals surface area contributed by atoms with Gasteiger partial charge in [-0.25, -0.2) is 4.98 Å². The van der Waals surface area contributed by atoms with Gasteiger partial charge in [0.15, 0.2) is 0 Å². The fraction of sp³-hybridized carbons (Fsp3) is 0.615. The van der Waals surface area contributed by atoms with Gasteiger partial charge >= 0.3 is 0 Å². The van der Waals surface area contributed by atoms with E-state index in [4.69, 9.17) is 4.74 Å². The van der Waals surface area contributed by atoms with Crippen molar-refractivity contribution in [2.24, 2.45) is 0 Å². The third-order valence-electron chi connectivity index (χ3n) is 3.63. The number of hydrogen-bond acceptors (Lipinski definition) is 3. The van der Waals surface area contributed by atoms with Crippen LogP contribution in [-0.2, 0) is 4.74 Å². The molecule has 2 atom stereocenters. The SMILES string of the molecule is CC(C)c1ccc(N2C[C@H]3C[C@@H]2CO3)nc1. The highest BCUT2D eigenvalue weighted by Crippen LogP contribution is 2.31. The van der Waals surface area contributed by atoms with Gasteiger partial charge in [-0.2, -0.15) is 0 Å². The molecule has 16 heavy (non-hydrogen) atoms. The number of aromatic nitrogens is 1. The van der Waals surface area contributed by atoms with E-state index in [9.17, 15) is 0 Å². The van der Waals surface area contributed by atoms with Crippen molar-refractivity contribution in [3.05, 3.63) is 23.9 Å². The first-order valence-corrected chi connectivity index (χ1v) is 6.08. The van der Waals surface area contributed by atoms with Gasteiger partial charge in [0.05, 0.1) is 18.8 Å². The minimum atomic E-state index is 0.441. The van der Waals surface area contributed by atoms with Gasteiger partial charge in [-0.1, -0.05) is 19.9 Å². The number of hydrogen-bond donors (Lipinski definition) is 0. The summed E-state index contributed by atoms with van der Waals surface area (Å²) in [5.41, 5.74) is 1.31. The highest BCUT2D eigenvalue weighted by Gasteiger charge is 2.39. The molecule has 1 aromatic rings. The molecular weight excluding hydrogens is 200 g/mol. The molecule has 0 amide bonds. The number of ether oxygens (including phenoxy) is 1. The maximum atomic E-state index is 5.60. The summed E-state index contributed by atoms with van der Waals surface area (Å²) in [6.45, 7) is 6.28. The van der Waals surface area contributed by atoms with Crippen LogP contribution in [0.3, 0.4) is 0 Å². The van der Waals surface area contributed by atoms with Crippen LogP contribution in [0.15, 0.2) is 18.3 Å². The summed E-state index contributed by atoms with van der Waals surface area (Å²) in [5.74, 6) is 1.67. The van der Waals surface area contributed by atoms with Crippen molar-refractivity contribution >= 4 is 5.82 Å². The highest BCUT2D eigenvalue weighted by atomic mass is 16.5. The Morgan fingerprint density at radius 3 is 2.81 bits per heavy atom. The van der Waals surface area contributed by atoms with E-state index in [1.54, 1.807) is 0 Å². The third kappa shape index (κ3) is 1.59. The molecule has 0 aliphatic carbocycles. The third-order valence-corrected chi connectivity index (χ3v) is 3.63. The molecule has 3 rings (SSSR count). The quantitative estimate of drug-likeness (QED) is 0.760. The second kappa shape index (κ2) is 3.74. The summed E-state index contributed by atoms with van der Waals surface area (Å²) in [7, 11) is 0. The molecule has 3 nitrogen and oxygen atoms in total. The summed E-state index contributed by atoms with van der Waals surface area (Å²) in [6.07, 6.45) is 3.62. The van der Waals surface area contributed by atoms with Gasteiger partial charge in [-0.05, 0) is 24.0 Å². The first-order chi connectivity index (χ1) is 7.74. The standard InChI is InChI=1S/C13H18N2O/c1-9(2)10-3-4-13(14-6-10)15-7-12-5-11(15)8-16-12/h3-4,6,9,11-12H,5,7-8H2,1-2H3/t11-,12-/m1/s1. The molecule has 2 aliphatic rings. The van der Waals surface area contributed by atoms with Crippen LogP contribution in [0.1, 0.15) is 31.7 Å². The molecule has 0 saturated carbocycles. The van der Waals surface area contributed by atoms with Crippen molar-refractivity contribution in [3.8, 4) is 0 Å². The number of morpholine rings is 1. The predicted molar refractivity (Wildman–Crippen MR) is 63.8 cm³/mol. The number of rotatable bonds is 2. The zero-order valence-corrected chi connectivity index (χ0v) is 9.89. The summed E-state index contributed by atoms with van der Waals surface area (Å²) in [5, 5.41) is 0. The van der Waals surface area contributed by atoms with E-state index < -0.39 is 0 Å². The van der Waals surface area contributed by atoms with Crippen molar-refractivity contribution in [2.75, 3.05) is 18.1 Å². The summed E-state index contributed by atoms with van der Waals surface area (Å²) < 4.78 is 5.60. The van der Waals surface area contributed by atoms with Gasteiger partial charge in [0.25, 0.3) is 0 Å². The Bertz CT molecular complexity index is 374. The molecule has 2 bridgehead atoms. The monoisotopic (exact) mass is 218 g/mol. The Balaban J connectivity index is 1.80. The number of pyridine rings is 1. The normalized spacial score (nSPS) is 28.1. The number of nitrogens with zero attached hydrogens (tertiary/aromatic N) is 2. The lowest BCUT2D eigenvalue weighted by atomic mass is 10.1. The van der Waals surface area contributed by atoms with Crippen LogP contribution in [0, 0.1) is 0 Å². The highest BCUT2D eigenvalue weighted by molar-refractivity contribution is 5.43. The minimum absolute atomic E-state index is 0.441. The Morgan fingerprint density at radius 2 is 2.31 bits per heavy atom. The molecule has 2 aliphatic heterocycles. The molecule has 0 unspecified atom stereocenters. The zero-order chi connectivity index (χ0) is 11.1. The van der Waals surface area contributed by atoms with Crippen LogP contribution in [-0.4, -0.2) is 30.3 Å². The zero-order valence-electron chi connectivity index (χ0n) is 9.89. The van der Waals surface area contributed by atoms with E-state index in [1.807, 2.05) is 6.20 Å². The van der Waals surface area contributed by atoms with E-state index >= 15 is 0 Å². The van der Waals surface area contributed by atoms with E-state index in [2.05, 4.69) is 35.9 Å². The first kappa shape index (κ1) is 10.1. The molecule has 2 fully saturated rings. The topological polar surface area (TPSA) is 25.4 Å². The molecule has 2 saturated heterocycles. The molecule has 0 N–H and O–H groups in total. The molecule has 86 valence electrons. The molecule has 3 heterocycles.